The van der Waals surface area contributed by atoms with Gasteiger partial charge in [0, 0.05) is 30.2 Å². The first-order valence-electron chi connectivity index (χ1n) is 8.21. The molecule has 0 fully saturated rings. The molecule has 0 aliphatic rings. The Morgan fingerprint density at radius 2 is 1.71 bits per heavy atom. The van der Waals surface area contributed by atoms with Gasteiger partial charge in [0.1, 0.15) is 0 Å². The SMILES string of the molecule is CC(C)(C)c1ccccc1NCCC(=O)NCc1ccc(Cl)cc1. The number of benzene rings is 2. The Labute approximate surface area is 149 Å². The van der Waals surface area contributed by atoms with Crippen LogP contribution in [0.15, 0.2) is 48.5 Å². The number of hydrogen-bond acceptors (Lipinski definition) is 2. The molecule has 3 nitrogen and oxygen atoms in total. The van der Waals surface area contributed by atoms with E-state index in [2.05, 4.69) is 43.5 Å². The molecule has 0 saturated heterocycles. The Morgan fingerprint density at radius 3 is 2.38 bits per heavy atom. The van der Waals surface area contributed by atoms with Crippen molar-refractivity contribution in [3.8, 4) is 0 Å². The Bertz CT molecular complexity index is 675. The molecule has 0 spiro atoms. The van der Waals surface area contributed by atoms with Crippen LogP contribution < -0.4 is 10.6 Å². The van der Waals surface area contributed by atoms with Gasteiger partial charge in [-0.15, -0.1) is 0 Å². The highest BCUT2D eigenvalue weighted by Crippen LogP contribution is 2.29. The molecule has 0 aliphatic carbocycles. The molecule has 2 rings (SSSR count). The minimum Gasteiger partial charge on any atom is -0.384 e. The lowest BCUT2D eigenvalue weighted by Crippen LogP contribution is -2.25. The van der Waals surface area contributed by atoms with Gasteiger partial charge >= 0.3 is 0 Å². The van der Waals surface area contributed by atoms with E-state index in [4.69, 9.17) is 11.6 Å². The molecule has 24 heavy (non-hydrogen) atoms. The fraction of sp³-hybridized carbons (Fsp3) is 0.350. The standard InChI is InChI=1S/C20H25ClN2O/c1-20(2,3)17-6-4-5-7-18(17)22-13-12-19(24)23-14-15-8-10-16(21)11-9-15/h4-11,22H,12-14H2,1-3H3,(H,23,24). The Morgan fingerprint density at radius 1 is 1.04 bits per heavy atom. The summed E-state index contributed by atoms with van der Waals surface area (Å²) < 4.78 is 0. The second-order valence-electron chi connectivity index (χ2n) is 6.88. The van der Waals surface area contributed by atoms with E-state index in [1.165, 1.54) is 5.56 Å². The van der Waals surface area contributed by atoms with Crippen molar-refractivity contribution in [3.05, 3.63) is 64.7 Å². The van der Waals surface area contributed by atoms with Gasteiger partial charge in [-0.1, -0.05) is 62.7 Å². The van der Waals surface area contributed by atoms with Gasteiger partial charge in [0.15, 0.2) is 0 Å². The van der Waals surface area contributed by atoms with Gasteiger partial charge in [0.05, 0.1) is 0 Å². The van der Waals surface area contributed by atoms with Gasteiger partial charge in [0.2, 0.25) is 5.91 Å². The van der Waals surface area contributed by atoms with Crippen LogP contribution >= 0.6 is 11.6 Å². The Kier molecular flexibility index (Phi) is 6.27. The van der Waals surface area contributed by atoms with Crippen molar-refractivity contribution in [2.45, 2.75) is 39.2 Å². The minimum absolute atomic E-state index is 0.0330. The van der Waals surface area contributed by atoms with Gasteiger partial charge in [0.25, 0.3) is 0 Å². The highest BCUT2D eigenvalue weighted by atomic mass is 35.5. The first kappa shape index (κ1) is 18.3. The van der Waals surface area contributed by atoms with Gasteiger partial charge in [-0.2, -0.15) is 0 Å². The topological polar surface area (TPSA) is 41.1 Å². The zero-order valence-electron chi connectivity index (χ0n) is 14.5. The van der Waals surface area contributed by atoms with Crippen LogP contribution in [-0.2, 0) is 16.8 Å². The van der Waals surface area contributed by atoms with E-state index in [0.717, 1.165) is 11.3 Å². The fourth-order valence-corrected chi connectivity index (χ4v) is 2.62. The number of carbonyl (C=O) groups excluding carboxylic acids is 1. The molecule has 0 unspecified atom stereocenters. The fourth-order valence-electron chi connectivity index (χ4n) is 2.49. The lowest BCUT2D eigenvalue weighted by Gasteiger charge is -2.23. The van der Waals surface area contributed by atoms with E-state index >= 15 is 0 Å². The van der Waals surface area contributed by atoms with Crippen LogP contribution in [0, 0.1) is 0 Å². The van der Waals surface area contributed by atoms with Crippen molar-refractivity contribution in [3.63, 3.8) is 0 Å². The number of hydrogen-bond donors (Lipinski definition) is 2. The van der Waals surface area contributed by atoms with Crippen LogP contribution in [0.4, 0.5) is 5.69 Å². The number of nitrogens with one attached hydrogen (secondary N) is 2. The molecular formula is C20H25ClN2O. The van der Waals surface area contributed by atoms with E-state index in [0.29, 0.717) is 24.5 Å². The normalized spacial score (nSPS) is 11.2. The van der Waals surface area contributed by atoms with Gasteiger partial charge in [-0.25, -0.2) is 0 Å². The number of para-hydroxylation sites is 1. The summed E-state index contributed by atoms with van der Waals surface area (Å²) in [5.74, 6) is 0.0330. The lowest BCUT2D eigenvalue weighted by atomic mass is 9.86. The average molecular weight is 345 g/mol. The second kappa shape index (κ2) is 8.20. The third kappa shape index (κ3) is 5.57. The highest BCUT2D eigenvalue weighted by molar-refractivity contribution is 6.30. The Balaban J connectivity index is 1.80. The molecule has 0 heterocycles. The summed E-state index contributed by atoms with van der Waals surface area (Å²) in [6, 6.07) is 15.7. The van der Waals surface area contributed by atoms with E-state index < -0.39 is 0 Å². The quantitative estimate of drug-likeness (QED) is 0.793. The predicted octanol–water partition coefficient (Wildman–Crippen LogP) is 4.76. The van der Waals surface area contributed by atoms with Crippen LogP contribution in [0.25, 0.3) is 0 Å². The average Bonchev–Trinajstić information content (AvgIpc) is 2.54. The number of anilines is 1. The summed E-state index contributed by atoms with van der Waals surface area (Å²) in [6.07, 6.45) is 0.437. The summed E-state index contributed by atoms with van der Waals surface area (Å²) in [6.45, 7) is 7.69. The molecule has 4 heteroatoms. The summed E-state index contributed by atoms with van der Waals surface area (Å²) in [5.41, 5.74) is 3.46. The summed E-state index contributed by atoms with van der Waals surface area (Å²) in [7, 11) is 0. The summed E-state index contributed by atoms with van der Waals surface area (Å²) >= 11 is 5.85. The maximum Gasteiger partial charge on any atom is 0.222 e. The predicted molar refractivity (Wildman–Crippen MR) is 102 cm³/mol. The molecule has 0 aromatic heterocycles. The van der Waals surface area contributed by atoms with Crippen molar-refractivity contribution in [2.75, 3.05) is 11.9 Å². The molecule has 0 aliphatic heterocycles. The van der Waals surface area contributed by atoms with Crippen LogP contribution in [0.2, 0.25) is 5.02 Å². The minimum atomic E-state index is 0.0330. The van der Waals surface area contributed by atoms with Crippen molar-refractivity contribution >= 4 is 23.2 Å². The second-order valence-corrected chi connectivity index (χ2v) is 7.31. The van der Waals surface area contributed by atoms with Crippen LogP contribution in [0.3, 0.4) is 0 Å². The molecule has 2 aromatic rings. The van der Waals surface area contributed by atoms with Crippen molar-refractivity contribution in [2.24, 2.45) is 0 Å². The third-order valence-electron chi connectivity index (χ3n) is 3.81. The smallest absolute Gasteiger partial charge is 0.222 e. The number of halogens is 1. The number of rotatable bonds is 6. The molecule has 2 aromatic carbocycles. The van der Waals surface area contributed by atoms with Crippen molar-refractivity contribution in [1.82, 2.24) is 5.32 Å². The molecule has 0 atom stereocenters. The third-order valence-corrected chi connectivity index (χ3v) is 4.06. The maximum atomic E-state index is 12.0. The monoisotopic (exact) mass is 344 g/mol. The van der Waals surface area contributed by atoms with Crippen LogP contribution in [0.5, 0.6) is 0 Å². The van der Waals surface area contributed by atoms with Crippen molar-refractivity contribution in [1.29, 1.82) is 0 Å². The maximum absolute atomic E-state index is 12.0. The van der Waals surface area contributed by atoms with Crippen LogP contribution in [-0.4, -0.2) is 12.5 Å². The van der Waals surface area contributed by atoms with E-state index in [9.17, 15) is 4.79 Å². The zero-order chi connectivity index (χ0) is 17.6. The van der Waals surface area contributed by atoms with E-state index in [1.807, 2.05) is 36.4 Å². The molecule has 0 radical (unpaired) electrons. The molecular weight excluding hydrogens is 320 g/mol. The highest BCUT2D eigenvalue weighted by Gasteiger charge is 2.17. The lowest BCUT2D eigenvalue weighted by molar-refractivity contribution is -0.121. The van der Waals surface area contributed by atoms with Gasteiger partial charge in [-0.3, -0.25) is 4.79 Å². The largest absolute Gasteiger partial charge is 0.384 e. The molecule has 1 amide bonds. The Hall–Kier alpha value is -2.00. The van der Waals surface area contributed by atoms with Crippen molar-refractivity contribution < 1.29 is 4.79 Å². The molecule has 0 bridgehead atoms. The first-order valence-corrected chi connectivity index (χ1v) is 8.58. The zero-order valence-corrected chi connectivity index (χ0v) is 15.3. The summed E-state index contributed by atoms with van der Waals surface area (Å²) in [5, 5.41) is 7.01. The molecule has 0 saturated carbocycles. The van der Waals surface area contributed by atoms with Crippen LogP contribution in [0.1, 0.15) is 38.3 Å². The summed E-state index contributed by atoms with van der Waals surface area (Å²) in [4.78, 5) is 12.0. The molecule has 2 N–H and O–H groups in total. The van der Waals surface area contributed by atoms with E-state index in [1.54, 1.807) is 0 Å². The first-order chi connectivity index (χ1) is 11.4. The number of carbonyl (C=O) groups is 1. The number of amides is 1. The van der Waals surface area contributed by atoms with E-state index in [-0.39, 0.29) is 11.3 Å². The molecule has 128 valence electrons. The van der Waals surface area contributed by atoms with Gasteiger partial charge in [-0.05, 0) is 34.7 Å². The van der Waals surface area contributed by atoms with Gasteiger partial charge < -0.3 is 10.6 Å².